The summed E-state index contributed by atoms with van der Waals surface area (Å²) in [6.45, 7) is 12.5. The van der Waals surface area contributed by atoms with Crippen LogP contribution < -0.4 is 22.1 Å². The summed E-state index contributed by atoms with van der Waals surface area (Å²) in [5.74, 6) is -0.719. The molecule has 4 rings (SSSR count). The molecule has 43 heavy (non-hydrogen) atoms. The maximum absolute atomic E-state index is 15.0. The maximum Gasteiger partial charge on any atom is 0.240 e. The van der Waals surface area contributed by atoms with Gasteiger partial charge in [0.05, 0.1) is 24.2 Å². The molecule has 0 aromatic heterocycles. The number of nitrogens with one attached hydrogen (secondary N) is 2. The Hall–Kier alpha value is -1.79. The van der Waals surface area contributed by atoms with Crippen LogP contribution in [-0.4, -0.2) is 121 Å². The molecule has 4 aliphatic rings. The van der Waals surface area contributed by atoms with Gasteiger partial charge in [-0.1, -0.05) is 26.7 Å². The van der Waals surface area contributed by atoms with Crippen molar-refractivity contribution in [3.05, 3.63) is 12.0 Å². The van der Waals surface area contributed by atoms with E-state index in [0.29, 0.717) is 32.6 Å². The molecule has 246 valence electrons. The molecule has 5 atom stereocenters. The molecular formula is C32H59FN8O2. The van der Waals surface area contributed by atoms with Crippen LogP contribution in [0.15, 0.2) is 12.0 Å². The summed E-state index contributed by atoms with van der Waals surface area (Å²) in [7, 11) is 2.05. The van der Waals surface area contributed by atoms with E-state index in [9.17, 15) is 14.0 Å². The summed E-state index contributed by atoms with van der Waals surface area (Å²) >= 11 is 0. The van der Waals surface area contributed by atoms with Crippen molar-refractivity contribution in [1.29, 1.82) is 0 Å². The molecule has 3 saturated heterocycles. The van der Waals surface area contributed by atoms with Gasteiger partial charge in [-0.25, -0.2) is 4.39 Å². The van der Waals surface area contributed by atoms with E-state index in [1.807, 2.05) is 23.8 Å². The van der Waals surface area contributed by atoms with Crippen molar-refractivity contribution in [1.82, 2.24) is 30.2 Å². The highest BCUT2D eigenvalue weighted by Gasteiger charge is 2.43. The van der Waals surface area contributed by atoms with Gasteiger partial charge in [-0.2, -0.15) is 0 Å². The van der Waals surface area contributed by atoms with Crippen molar-refractivity contribution in [3.63, 3.8) is 0 Å². The Morgan fingerprint density at radius 3 is 2.42 bits per heavy atom. The van der Waals surface area contributed by atoms with Crippen LogP contribution in [-0.2, 0) is 9.59 Å². The predicted molar refractivity (Wildman–Crippen MR) is 170 cm³/mol. The van der Waals surface area contributed by atoms with Crippen LogP contribution in [0.4, 0.5) is 4.39 Å². The van der Waals surface area contributed by atoms with Crippen LogP contribution in [0.2, 0.25) is 0 Å². The molecule has 3 fully saturated rings. The lowest BCUT2D eigenvalue weighted by Gasteiger charge is -2.46. The molecule has 10 nitrogen and oxygen atoms in total. The molecule has 0 radical (unpaired) electrons. The lowest BCUT2D eigenvalue weighted by atomic mass is 9.70. The van der Waals surface area contributed by atoms with E-state index in [1.54, 1.807) is 6.20 Å². The van der Waals surface area contributed by atoms with E-state index in [-0.39, 0.29) is 47.2 Å². The Morgan fingerprint density at radius 2 is 1.81 bits per heavy atom. The zero-order valence-electron chi connectivity index (χ0n) is 27.2. The van der Waals surface area contributed by atoms with Gasteiger partial charge in [0.2, 0.25) is 11.8 Å². The Labute approximate surface area is 259 Å². The number of halogens is 1. The number of piperazine rings is 1. The Kier molecular flexibility index (Phi) is 12.3. The average Bonchev–Trinajstić information content (AvgIpc) is 3.46. The van der Waals surface area contributed by atoms with Gasteiger partial charge in [0.15, 0.2) is 0 Å². The van der Waals surface area contributed by atoms with E-state index in [0.717, 1.165) is 77.5 Å². The number of piperidine rings is 1. The third-order valence-corrected chi connectivity index (χ3v) is 11.2. The largest absolute Gasteiger partial charge is 0.372 e. The third kappa shape index (κ3) is 8.09. The number of hydrogen-bond acceptors (Lipinski definition) is 8. The first-order chi connectivity index (χ1) is 20.6. The average molecular weight is 607 g/mol. The second kappa shape index (κ2) is 15.5. The first kappa shape index (κ1) is 34.1. The number of likely N-dealkylation sites (tertiary alicyclic amines) is 1. The van der Waals surface area contributed by atoms with Gasteiger partial charge in [0.25, 0.3) is 0 Å². The van der Waals surface area contributed by atoms with Gasteiger partial charge in [-0.15, -0.1) is 0 Å². The fraction of sp³-hybridized carbons (Fsp3) is 0.875. The monoisotopic (exact) mass is 606 g/mol. The molecule has 4 aliphatic heterocycles. The van der Waals surface area contributed by atoms with Crippen LogP contribution in [0, 0.1) is 11.3 Å². The topological polar surface area (TPSA) is 123 Å². The molecule has 0 aromatic rings. The normalized spacial score (nSPS) is 30.4. The Bertz CT molecular complexity index is 952. The first-order valence-corrected chi connectivity index (χ1v) is 17.0. The van der Waals surface area contributed by atoms with Crippen LogP contribution in [0.5, 0.6) is 0 Å². The first-order valence-electron chi connectivity index (χ1n) is 17.0. The molecule has 0 saturated carbocycles. The summed E-state index contributed by atoms with van der Waals surface area (Å²) in [5.41, 5.74) is 12.8. The highest BCUT2D eigenvalue weighted by molar-refractivity contribution is 5.82. The number of hydrogen-bond donors (Lipinski definition) is 4. The summed E-state index contributed by atoms with van der Waals surface area (Å²) in [5, 5.41) is 6.84. The van der Waals surface area contributed by atoms with Gasteiger partial charge in [0, 0.05) is 64.0 Å². The van der Waals surface area contributed by atoms with Crippen LogP contribution in [0.1, 0.15) is 78.6 Å². The van der Waals surface area contributed by atoms with Crippen molar-refractivity contribution in [2.45, 2.75) is 109 Å². The van der Waals surface area contributed by atoms with Crippen LogP contribution in [0.25, 0.3) is 0 Å². The number of nitrogens with two attached hydrogens (primary N) is 2. The molecule has 0 spiro atoms. The van der Waals surface area contributed by atoms with Gasteiger partial charge in [0.1, 0.15) is 5.83 Å². The third-order valence-electron chi connectivity index (χ3n) is 11.2. The number of nitrogens with zero attached hydrogens (tertiary/aromatic N) is 4. The van der Waals surface area contributed by atoms with Gasteiger partial charge >= 0.3 is 0 Å². The van der Waals surface area contributed by atoms with Crippen molar-refractivity contribution >= 4 is 11.8 Å². The van der Waals surface area contributed by atoms with E-state index < -0.39 is 12.1 Å². The fourth-order valence-electron chi connectivity index (χ4n) is 8.21. The molecule has 0 bridgehead atoms. The number of allylic oxidation sites excluding steroid dienone is 1. The molecule has 11 heteroatoms. The molecule has 0 aromatic carbocycles. The van der Waals surface area contributed by atoms with Crippen molar-refractivity contribution in [2.75, 3.05) is 59.4 Å². The molecule has 5 unspecified atom stereocenters. The SMILES string of the molecule is CCN1C=C(F)CCCC(CC)(CC)CC1C(C(=O)NC1CNCCC1N1CCN(C(=O)C2CCCN2C)CC1)C(N)N. The fourth-order valence-corrected chi connectivity index (χ4v) is 8.21. The molecule has 0 aliphatic carbocycles. The standard InChI is InChI=1S/C32H59FN8O2/c1-5-32(6-2)13-8-10-23(33)22-39(7-3)27(20-32)28(29(34)35)30(42)37-24-21-36-14-12-25(24)40-16-18-41(19-17-40)31(43)26-11-9-15-38(26)4/h22,24-29,36H,5-21,34-35H2,1-4H3,(H,37,42). The van der Waals surface area contributed by atoms with Gasteiger partial charge in [-0.3, -0.25) is 19.4 Å². The van der Waals surface area contributed by atoms with E-state index in [2.05, 4.69) is 34.3 Å². The summed E-state index contributed by atoms with van der Waals surface area (Å²) in [6, 6.07) is -0.229. The molecule has 4 heterocycles. The Balaban J connectivity index is 1.48. The van der Waals surface area contributed by atoms with E-state index in [1.165, 1.54) is 0 Å². The second-order valence-corrected chi connectivity index (χ2v) is 13.5. The Morgan fingerprint density at radius 1 is 1.09 bits per heavy atom. The minimum absolute atomic E-state index is 0.00328. The second-order valence-electron chi connectivity index (χ2n) is 13.5. The number of likely N-dealkylation sites (N-methyl/N-ethyl adjacent to an activating group) is 1. The smallest absolute Gasteiger partial charge is 0.240 e. The predicted octanol–water partition coefficient (Wildman–Crippen LogP) is 1.81. The van der Waals surface area contributed by atoms with Crippen molar-refractivity contribution in [2.24, 2.45) is 22.8 Å². The lowest BCUT2D eigenvalue weighted by molar-refractivity contribution is -0.137. The zero-order valence-corrected chi connectivity index (χ0v) is 27.2. The van der Waals surface area contributed by atoms with E-state index in [4.69, 9.17) is 11.5 Å². The van der Waals surface area contributed by atoms with Gasteiger partial charge in [-0.05, 0) is 71.0 Å². The minimum Gasteiger partial charge on any atom is -0.372 e. The quantitative estimate of drug-likeness (QED) is 0.293. The molecule has 2 amide bonds. The number of rotatable bonds is 9. The maximum atomic E-state index is 15.0. The summed E-state index contributed by atoms with van der Waals surface area (Å²) in [4.78, 5) is 36.0. The number of amides is 2. The summed E-state index contributed by atoms with van der Waals surface area (Å²) in [6.07, 6.45) is 8.48. The summed E-state index contributed by atoms with van der Waals surface area (Å²) < 4.78 is 15.0. The van der Waals surface area contributed by atoms with Crippen LogP contribution >= 0.6 is 0 Å². The molecule has 6 N–H and O–H groups in total. The van der Waals surface area contributed by atoms with Crippen LogP contribution in [0.3, 0.4) is 0 Å². The number of carbonyl (C=O) groups excluding carboxylic acids is 2. The molecular weight excluding hydrogens is 547 g/mol. The van der Waals surface area contributed by atoms with Gasteiger partial charge < -0.3 is 31.9 Å². The van der Waals surface area contributed by atoms with E-state index >= 15 is 0 Å². The number of carbonyl (C=O) groups is 2. The zero-order chi connectivity index (χ0) is 31.1. The highest BCUT2D eigenvalue weighted by Crippen LogP contribution is 2.42. The van der Waals surface area contributed by atoms with Crippen molar-refractivity contribution in [3.8, 4) is 0 Å². The minimum atomic E-state index is -0.874. The lowest BCUT2D eigenvalue weighted by Crippen LogP contribution is -2.66. The highest BCUT2D eigenvalue weighted by atomic mass is 19.1. The van der Waals surface area contributed by atoms with Crippen molar-refractivity contribution < 1.29 is 14.0 Å².